The van der Waals surface area contributed by atoms with Crippen molar-refractivity contribution in [2.75, 3.05) is 0 Å². The van der Waals surface area contributed by atoms with E-state index in [0.29, 0.717) is 28.6 Å². The molecule has 0 radical (unpaired) electrons. The van der Waals surface area contributed by atoms with Crippen molar-refractivity contribution >= 4 is 29.1 Å². The maximum Gasteiger partial charge on any atom is 0.288 e. The molecule has 0 aliphatic rings. The van der Waals surface area contributed by atoms with Gasteiger partial charge in [-0.05, 0) is 18.1 Å². The van der Waals surface area contributed by atoms with Crippen LogP contribution in [-0.4, -0.2) is 14.9 Å². The normalized spacial score (nSPS) is 10.4. The minimum atomic E-state index is -0.544. The summed E-state index contributed by atoms with van der Waals surface area (Å²) in [6.45, 7) is 1.93. The summed E-state index contributed by atoms with van der Waals surface area (Å²) in [6, 6.07) is 6.41. The van der Waals surface area contributed by atoms with Gasteiger partial charge in [-0.25, -0.2) is 4.98 Å². The van der Waals surface area contributed by atoms with E-state index in [-0.39, 0.29) is 16.3 Å². The van der Waals surface area contributed by atoms with E-state index in [1.807, 2.05) is 13.0 Å². The first-order valence-electron chi connectivity index (χ1n) is 7.05. The van der Waals surface area contributed by atoms with Crippen LogP contribution in [0, 0.1) is 21.4 Å². The van der Waals surface area contributed by atoms with Gasteiger partial charge in [0.15, 0.2) is 5.16 Å². The Balaban J connectivity index is 2.24. The minimum absolute atomic E-state index is 0.0309. The largest absolute Gasteiger partial charge is 0.300 e. The lowest BCUT2D eigenvalue weighted by atomic mass is 10.1. The van der Waals surface area contributed by atoms with Crippen molar-refractivity contribution in [1.29, 1.82) is 5.26 Å². The number of nitriles is 1. The number of nitrogens with zero attached hydrogens (tertiary/aromatic N) is 3. The highest BCUT2D eigenvalue weighted by molar-refractivity contribution is 7.98. The van der Waals surface area contributed by atoms with Crippen molar-refractivity contribution < 1.29 is 4.92 Å². The van der Waals surface area contributed by atoms with Crippen LogP contribution in [0.15, 0.2) is 28.2 Å². The molecular weight excluding hydrogens is 352 g/mol. The van der Waals surface area contributed by atoms with Gasteiger partial charge in [0.25, 0.3) is 11.2 Å². The fraction of sp³-hybridized carbons (Fsp3) is 0.267. The van der Waals surface area contributed by atoms with Gasteiger partial charge in [0.2, 0.25) is 0 Å². The van der Waals surface area contributed by atoms with E-state index in [1.165, 1.54) is 23.9 Å². The van der Waals surface area contributed by atoms with Gasteiger partial charge >= 0.3 is 0 Å². The van der Waals surface area contributed by atoms with Crippen LogP contribution in [0.3, 0.4) is 0 Å². The maximum atomic E-state index is 11.9. The topological polar surface area (TPSA) is 113 Å². The Bertz CT molecular complexity index is 876. The van der Waals surface area contributed by atoms with E-state index >= 15 is 0 Å². The van der Waals surface area contributed by atoms with Crippen LogP contribution < -0.4 is 5.56 Å². The zero-order chi connectivity index (χ0) is 17.7. The number of hydrogen-bond acceptors (Lipinski definition) is 6. The molecule has 124 valence electrons. The number of nitro benzene ring substituents is 1. The van der Waals surface area contributed by atoms with E-state index in [4.69, 9.17) is 16.9 Å². The smallest absolute Gasteiger partial charge is 0.288 e. The molecule has 0 saturated carbocycles. The predicted molar refractivity (Wildman–Crippen MR) is 91.2 cm³/mol. The predicted octanol–water partition coefficient (Wildman–Crippen LogP) is 3.45. The van der Waals surface area contributed by atoms with Crippen LogP contribution in [0.1, 0.15) is 30.2 Å². The van der Waals surface area contributed by atoms with E-state index in [9.17, 15) is 14.9 Å². The Hall–Kier alpha value is -2.37. The highest BCUT2D eigenvalue weighted by Crippen LogP contribution is 2.28. The summed E-state index contributed by atoms with van der Waals surface area (Å²) >= 11 is 7.01. The molecule has 0 aliphatic carbocycles. The van der Waals surface area contributed by atoms with Gasteiger partial charge in [-0.15, -0.1) is 0 Å². The number of aromatic nitrogens is 2. The molecule has 1 heterocycles. The average Bonchev–Trinajstić information content (AvgIpc) is 2.54. The van der Waals surface area contributed by atoms with Crippen molar-refractivity contribution in [3.63, 3.8) is 0 Å². The molecule has 7 nitrogen and oxygen atoms in total. The van der Waals surface area contributed by atoms with Gasteiger partial charge in [0.05, 0.1) is 10.6 Å². The average molecular weight is 365 g/mol. The summed E-state index contributed by atoms with van der Waals surface area (Å²) in [4.78, 5) is 29.2. The number of aromatic amines is 1. The fourth-order valence-electron chi connectivity index (χ4n) is 2.04. The Labute approximate surface area is 146 Å². The minimum Gasteiger partial charge on any atom is -0.300 e. The lowest BCUT2D eigenvalue weighted by Gasteiger charge is -2.06. The molecule has 0 saturated heterocycles. The third-order valence-corrected chi connectivity index (χ3v) is 4.42. The molecule has 9 heteroatoms. The van der Waals surface area contributed by atoms with Gasteiger partial charge in [-0.2, -0.15) is 5.26 Å². The molecule has 0 aliphatic heterocycles. The Morgan fingerprint density at radius 1 is 1.50 bits per heavy atom. The van der Waals surface area contributed by atoms with Crippen molar-refractivity contribution in [3.05, 3.63) is 60.5 Å². The zero-order valence-corrected chi connectivity index (χ0v) is 14.3. The molecule has 2 rings (SSSR count). The van der Waals surface area contributed by atoms with Crippen LogP contribution in [0.2, 0.25) is 5.02 Å². The first kappa shape index (κ1) is 18.0. The van der Waals surface area contributed by atoms with Gasteiger partial charge in [0, 0.05) is 11.8 Å². The highest BCUT2D eigenvalue weighted by atomic mass is 35.5. The second-order valence-corrected chi connectivity index (χ2v) is 6.26. The Morgan fingerprint density at radius 2 is 2.25 bits per heavy atom. The van der Waals surface area contributed by atoms with Crippen LogP contribution in [-0.2, 0) is 12.2 Å². The summed E-state index contributed by atoms with van der Waals surface area (Å²) < 4.78 is 0. The standard InChI is InChI=1S/C15H13ClN4O3S/c1-2-3-12-10(7-17)14(21)19-15(18-12)24-8-9-4-5-11(16)13(6-9)20(22)23/h4-6H,2-3,8H2,1H3,(H,18,19,21). The van der Waals surface area contributed by atoms with Crippen LogP contribution in [0.4, 0.5) is 5.69 Å². The van der Waals surface area contributed by atoms with E-state index in [2.05, 4.69) is 9.97 Å². The van der Waals surface area contributed by atoms with Crippen LogP contribution in [0.25, 0.3) is 0 Å². The third-order valence-electron chi connectivity index (χ3n) is 3.15. The molecule has 1 aromatic heterocycles. The molecule has 0 bridgehead atoms. The van der Waals surface area contributed by atoms with E-state index < -0.39 is 10.5 Å². The molecule has 24 heavy (non-hydrogen) atoms. The fourth-order valence-corrected chi connectivity index (χ4v) is 3.05. The Morgan fingerprint density at radius 3 is 2.88 bits per heavy atom. The monoisotopic (exact) mass is 364 g/mol. The number of H-pyrrole nitrogens is 1. The summed E-state index contributed by atoms with van der Waals surface area (Å²) in [6.07, 6.45) is 1.30. The lowest BCUT2D eigenvalue weighted by Crippen LogP contribution is -2.16. The number of nitrogens with one attached hydrogen (secondary N) is 1. The van der Waals surface area contributed by atoms with Gasteiger partial charge in [-0.3, -0.25) is 14.9 Å². The molecule has 0 unspecified atom stereocenters. The number of nitro groups is 1. The number of aryl methyl sites for hydroxylation is 1. The molecular formula is C15H13ClN4O3S. The summed E-state index contributed by atoms with van der Waals surface area (Å²) in [5.41, 5.74) is 0.542. The van der Waals surface area contributed by atoms with Gasteiger partial charge in [0.1, 0.15) is 16.7 Å². The van der Waals surface area contributed by atoms with Crippen LogP contribution in [0.5, 0.6) is 0 Å². The SMILES string of the molecule is CCCc1nc(SCc2ccc(Cl)c([N+](=O)[O-])c2)[nH]c(=O)c1C#N. The lowest BCUT2D eigenvalue weighted by molar-refractivity contribution is -0.384. The summed E-state index contributed by atoms with van der Waals surface area (Å²) in [5.74, 6) is 0.373. The number of thioether (sulfide) groups is 1. The van der Waals surface area contributed by atoms with Gasteiger partial charge < -0.3 is 4.98 Å². The quantitative estimate of drug-likeness (QED) is 0.363. The zero-order valence-electron chi connectivity index (χ0n) is 12.7. The second-order valence-electron chi connectivity index (χ2n) is 4.89. The third kappa shape index (κ3) is 4.13. The number of benzene rings is 1. The number of halogens is 1. The molecule has 0 spiro atoms. The molecule has 2 aromatic rings. The first-order chi connectivity index (χ1) is 11.5. The summed E-state index contributed by atoms with van der Waals surface area (Å²) in [7, 11) is 0. The second kappa shape index (κ2) is 7.95. The van der Waals surface area contributed by atoms with Gasteiger partial charge in [-0.1, -0.05) is 42.8 Å². The van der Waals surface area contributed by atoms with E-state index in [0.717, 1.165) is 6.42 Å². The van der Waals surface area contributed by atoms with Crippen molar-refractivity contribution in [2.45, 2.75) is 30.7 Å². The Kier molecular flexibility index (Phi) is 5.95. The molecule has 0 atom stereocenters. The van der Waals surface area contributed by atoms with Crippen molar-refractivity contribution in [3.8, 4) is 6.07 Å². The maximum absolute atomic E-state index is 11.9. The summed E-state index contributed by atoms with van der Waals surface area (Å²) in [5, 5.41) is 20.4. The number of rotatable bonds is 6. The van der Waals surface area contributed by atoms with Crippen molar-refractivity contribution in [2.24, 2.45) is 0 Å². The number of hydrogen-bond donors (Lipinski definition) is 1. The van der Waals surface area contributed by atoms with E-state index in [1.54, 1.807) is 6.07 Å². The first-order valence-corrected chi connectivity index (χ1v) is 8.41. The molecule has 1 aromatic carbocycles. The highest BCUT2D eigenvalue weighted by Gasteiger charge is 2.14. The van der Waals surface area contributed by atoms with Crippen molar-refractivity contribution in [1.82, 2.24) is 9.97 Å². The molecule has 0 amide bonds. The molecule has 1 N–H and O–H groups in total. The van der Waals surface area contributed by atoms with Crippen LogP contribution >= 0.6 is 23.4 Å². The molecule has 0 fully saturated rings.